The van der Waals surface area contributed by atoms with Crippen LogP contribution in [0.2, 0.25) is 0 Å². The first-order valence-corrected chi connectivity index (χ1v) is 27.4. The predicted molar refractivity (Wildman–Crippen MR) is 279 cm³/mol. The van der Waals surface area contributed by atoms with E-state index in [4.69, 9.17) is 14.2 Å². The van der Waals surface area contributed by atoms with E-state index in [1.807, 2.05) is 6.08 Å². The van der Waals surface area contributed by atoms with Crippen molar-refractivity contribution >= 4 is 17.9 Å². The zero-order valence-corrected chi connectivity index (χ0v) is 42.7. The van der Waals surface area contributed by atoms with E-state index in [-0.39, 0.29) is 37.5 Å². The van der Waals surface area contributed by atoms with E-state index >= 15 is 0 Å². The summed E-state index contributed by atoms with van der Waals surface area (Å²) in [6, 6.07) is 0. The molecule has 6 heteroatoms. The number of ether oxygens (including phenoxy) is 3. The molecule has 0 rings (SSSR count). The Bertz CT molecular complexity index is 1230. The van der Waals surface area contributed by atoms with E-state index in [0.717, 1.165) is 77.0 Å². The van der Waals surface area contributed by atoms with Crippen LogP contribution in [0.5, 0.6) is 0 Å². The van der Waals surface area contributed by atoms with Crippen molar-refractivity contribution in [2.24, 2.45) is 0 Å². The molecule has 0 heterocycles. The second-order valence-corrected chi connectivity index (χ2v) is 18.1. The third-order valence-corrected chi connectivity index (χ3v) is 11.7. The van der Waals surface area contributed by atoms with Crippen LogP contribution in [0.3, 0.4) is 0 Å². The van der Waals surface area contributed by atoms with Crippen LogP contribution in [-0.2, 0) is 28.6 Å². The van der Waals surface area contributed by atoms with Crippen molar-refractivity contribution in [1.29, 1.82) is 0 Å². The third kappa shape index (κ3) is 51.7. The van der Waals surface area contributed by atoms with Gasteiger partial charge in [-0.05, 0) is 57.8 Å². The number of esters is 3. The average molecular weight is 907 g/mol. The van der Waals surface area contributed by atoms with Gasteiger partial charge in [0.25, 0.3) is 0 Å². The van der Waals surface area contributed by atoms with E-state index in [1.54, 1.807) is 0 Å². The van der Waals surface area contributed by atoms with Crippen LogP contribution in [0.4, 0.5) is 0 Å². The smallest absolute Gasteiger partial charge is 0.306 e. The summed E-state index contributed by atoms with van der Waals surface area (Å²) in [4.78, 5) is 38.0. The van der Waals surface area contributed by atoms with Gasteiger partial charge in [0.05, 0.1) is 0 Å². The van der Waals surface area contributed by atoms with E-state index in [1.165, 1.54) is 141 Å². The molecule has 0 aromatic heterocycles. The number of unbranched alkanes of at least 4 members (excludes halogenated alkanes) is 26. The quantitative estimate of drug-likeness (QED) is 0.0262. The van der Waals surface area contributed by atoms with Crippen LogP contribution in [0, 0.1) is 0 Å². The molecule has 65 heavy (non-hydrogen) atoms. The predicted octanol–water partition coefficient (Wildman–Crippen LogP) is 18.2. The van der Waals surface area contributed by atoms with E-state index in [2.05, 4.69) is 87.6 Å². The van der Waals surface area contributed by atoms with Crippen LogP contribution in [-0.4, -0.2) is 37.2 Å². The highest BCUT2D eigenvalue weighted by atomic mass is 16.6. The lowest BCUT2D eigenvalue weighted by atomic mass is 10.0. The van der Waals surface area contributed by atoms with Crippen molar-refractivity contribution < 1.29 is 28.6 Å². The Kier molecular flexibility index (Phi) is 50.9. The molecule has 0 aromatic carbocycles. The first-order chi connectivity index (χ1) is 32.0. The standard InChI is InChI=1S/C59H102O6/c1-4-7-10-13-16-19-22-24-26-28-29-31-32-34-37-40-43-46-49-52-58(61)64-55-56(54-63-57(60)51-48-45-42-39-36-21-18-15-12-9-6-3)65-59(62)53-50-47-44-41-38-35-33-30-27-25-23-20-17-14-11-8-5-2/h7,10,16,19,24,26,29,31,34,37,43,46,56H,4-6,8-9,11-15,17-18,20-23,25,27-28,30,32-33,35-36,38-42,44-45,47-55H2,1-3H3/b10-7-,19-16-,26-24-,31-29-,37-34-,46-43-. The molecule has 0 radical (unpaired) electrons. The molecule has 6 nitrogen and oxygen atoms in total. The molecule has 0 spiro atoms. The Labute approximate surface area is 402 Å². The molecule has 0 N–H and O–H groups in total. The summed E-state index contributed by atoms with van der Waals surface area (Å²) in [5.41, 5.74) is 0. The van der Waals surface area contributed by atoms with Crippen LogP contribution >= 0.6 is 0 Å². The minimum absolute atomic E-state index is 0.0952. The maximum atomic E-state index is 12.8. The van der Waals surface area contributed by atoms with Gasteiger partial charge in [0.1, 0.15) is 13.2 Å². The zero-order chi connectivity index (χ0) is 47.2. The van der Waals surface area contributed by atoms with Gasteiger partial charge in [-0.2, -0.15) is 0 Å². The maximum absolute atomic E-state index is 12.8. The lowest BCUT2D eigenvalue weighted by Crippen LogP contribution is -2.30. The Morgan fingerprint density at radius 2 is 0.600 bits per heavy atom. The summed E-state index contributed by atoms with van der Waals surface area (Å²) < 4.78 is 16.8. The maximum Gasteiger partial charge on any atom is 0.306 e. The number of hydrogen-bond donors (Lipinski definition) is 0. The van der Waals surface area contributed by atoms with Gasteiger partial charge in [-0.1, -0.05) is 261 Å². The molecule has 0 amide bonds. The van der Waals surface area contributed by atoms with Crippen molar-refractivity contribution in [1.82, 2.24) is 0 Å². The Morgan fingerprint density at radius 3 is 0.938 bits per heavy atom. The molecule has 374 valence electrons. The third-order valence-electron chi connectivity index (χ3n) is 11.7. The van der Waals surface area contributed by atoms with Crippen molar-refractivity contribution in [3.63, 3.8) is 0 Å². The van der Waals surface area contributed by atoms with Gasteiger partial charge in [0, 0.05) is 19.3 Å². The Hall–Kier alpha value is -3.15. The Balaban J connectivity index is 4.44. The zero-order valence-electron chi connectivity index (χ0n) is 42.7. The highest BCUT2D eigenvalue weighted by molar-refractivity contribution is 5.71. The molecule has 0 bridgehead atoms. The summed E-state index contributed by atoms with van der Waals surface area (Å²) in [7, 11) is 0. The first-order valence-electron chi connectivity index (χ1n) is 27.4. The topological polar surface area (TPSA) is 78.9 Å². The molecular formula is C59H102O6. The van der Waals surface area contributed by atoms with Crippen LogP contribution in [0.25, 0.3) is 0 Å². The van der Waals surface area contributed by atoms with Gasteiger partial charge in [-0.25, -0.2) is 0 Å². The second-order valence-electron chi connectivity index (χ2n) is 18.1. The van der Waals surface area contributed by atoms with Crippen LogP contribution in [0.1, 0.15) is 265 Å². The minimum Gasteiger partial charge on any atom is -0.462 e. The van der Waals surface area contributed by atoms with Gasteiger partial charge < -0.3 is 14.2 Å². The first kappa shape index (κ1) is 61.9. The molecule has 0 saturated carbocycles. The molecule has 1 unspecified atom stereocenters. The lowest BCUT2D eigenvalue weighted by Gasteiger charge is -2.18. The lowest BCUT2D eigenvalue weighted by molar-refractivity contribution is -0.166. The minimum atomic E-state index is -0.801. The number of carbonyl (C=O) groups is 3. The molecule has 0 aliphatic carbocycles. The van der Waals surface area contributed by atoms with Crippen molar-refractivity contribution in [2.75, 3.05) is 13.2 Å². The van der Waals surface area contributed by atoms with Crippen molar-refractivity contribution in [2.45, 2.75) is 271 Å². The van der Waals surface area contributed by atoms with Gasteiger partial charge >= 0.3 is 17.9 Å². The van der Waals surface area contributed by atoms with Gasteiger partial charge in [-0.15, -0.1) is 0 Å². The number of carbonyl (C=O) groups excluding carboxylic acids is 3. The highest BCUT2D eigenvalue weighted by Crippen LogP contribution is 2.16. The number of hydrogen-bond acceptors (Lipinski definition) is 6. The fourth-order valence-electron chi connectivity index (χ4n) is 7.65. The van der Waals surface area contributed by atoms with Gasteiger partial charge in [-0.3, -0.25) is 14.4 Å². The largest absolute Gasteiger partial charge is 0.462 e. The van der Waals surface area contributed by atoms with E-state index in [0.29, 0.717) is 19.3 Å². The van der Waals surface area contributed by atoms with Gasteiger partial charge in [0.15, 0.2) is 6.10 Å². The molecular weight excluding hydrogens is 805 g/mol. The monoisotopic (exact) mass is 907 g/mol. The Morgan fingerprint density at radius 1 is 0.323 bits per heavy atom. The fraction of sp³-hybridized carbons (Fsp3) is 0.746. The molecule has 1 atom stereocenters. The second kappa shape index (κ2) is 53.5. The molecule has 0 aromatic rings. The van der Waals surface area contributed by atoms with E-state index in [9.17, 15) is 14.4 Å². The van der Waals surface area contributed by atoms with Crippen LogP contribution in [0.15, 0.2) is 72.9 Å². The van der Waals surface area contributed by atoms with Crippen molar-refractivity contribution in [3.05, 3.63) is 72.9 Å². The van der Waals surface area contributed by atoms with E-state index < -0.39 is 6.10 Å². The summed E-state index contributed by atoms with van der Waals surface area (Å²) in [5, 5.41) is 0. The number of allylic oxidation sites excluding steroid dienone is 12. The summed E-state index contributed by atoms with van der Waals surface area (Å²) in [5.74, 6) is -0.975. The number of rotatable bonds is 49. The molecule has 0 aliphatic heterocycles. The summed E-state index contributed by atoms with van der Waals surface area (Å²) in [6.45, 7) is 6.47. The molecule has 0 saturated heterocycles. The fourth-order valence-corrected chi connectivity index (χ4v) is 7.65. The SMILES string of the molecule is CC/C=C\C/C=C\C/C=C\C/C=C\C/C=C\C/C=C\CCC(=O)OCC(COC(=O)CCCCCCCCCCCCC)OC(=O)CCCCCCCCCCCCCCCCCCC. The van der Waals surface area contributed by atoms with Crippen molar-refractivity contribution in [3.8, 4) is 0 Å². The molecule has 0 fully saturated rings. The molecule has 0 aliphatic rings. The highest BCUT2D eigenvalue weighted by Gasteiger charge is 2.19. The normalized spacial score (nSPS) is 12.6. The summed E-state index contributed by atoms with van der Waals surface area (Å²) in [6.07, 6.45) is 67.6. The summed E-state index contributed by atoms with van der Waals surface area (Å²) >= 11 is 0. The van der Waals surface area contributed by atoms with Gasteiger partial charge in [0.2, 0.25) is 0 Å². The average Bonchev–Trinajstić information content (AvgIpc) is 3.30. The van der Waals surface area contributed by atoms with Crippen LogP contribution < -0.4 is 0 Å².